The predicted molar refractivity (Wildman–Crippen MR) is 45.7 cm³/mol. The number of hydrogen-bond donors (Lipinski definition) is 2. The summed E-state index contributed by atoms with van der Waals surface area (Å²) in [5.74, 6) is 0.141. The Balaban J connectivity index is 2.25. The van der Waals surface area contributed by atoms with Gasteiger partial charge in [0.2, 0.25) is 5.91 Å². The Kier molecular flexibility index (Phi) is 3.49. The number of piperazine rings is 1. The van der Waals surface area contributed by atoms with Crippen molar-refractivity contribution in [3.8, 4) is 0 Å². The molecule has 1 rings (SSSR count). The van der Waals surface area contributed by atoms with Gasteiger partial charge in [-0.1, -0.05) is 0 Å². The zero-order valence-corrected chi connectivity index (χ0v) is 7.42. The van der Waals surface area contributed by atoms with Crippen molar-refractivity contribution in [3.05, 3.63) is 0 Å². The molecule has 1 saturated heterocycles. The molecule has 0 aromatic heterocycles. The molecule has 4 nitrogen and oxygen atoms in total. The van der Waals surface area contributed by atoms with Crippen LogP contribution in [0.15, 0.2) is 0 Å². The van der Waals surface area contributed by atoms with Crippen LogP contribution in [-0.4, -0.2) is 48.2 Å². The number of amides is 1. The maximum Gasteiger partial charge on any atom is 0.236 e. The first kappa shape index (κ1) is 9.48. The summed E-state index contributed by atoms with van der Waals surface area (Å²) < 4.78 is 0. The molecule has 0 aromatic carbocycles. The summed E-state index contributed by atoms with van der Waals surface area (Å²) in [4.78, 5) is 13.0. The van der Waals surface area contributed by atoms with Crippen LogP contribution < -0.4 is 5.32 Å². The summed E-state index contributed by atoms with van der Waals surface area (Å²) in [6, 6.07) is 0. The van der Waals surface area contributed by atoms with E-state index in [1.807, 2.05) is 0 Å². The number of rotatable bonds is 3. The summed E-state index contributed by atoms with van der Waals surface area (Å²) in [6.45, 7) is 4.50. The number of nitrogens with one attached hydrogen (secondary N) is 1. The molecule has 1 unspecified atom stereocenters. The average Bonchev–Trinajstić information content (AvgIpc) is 2.03. The fourth-order valence-corrected chi connectivity index (χ4v) is 1.23. The highest BCUT2D eigenvalue weighted by Gasteiger charge is 2.16. The van der Waals surface area contributed by atoms with E-state index in [1.165, 1.54) is 0 Å². The number of carbonyl (C=O) groups excluding carboxylic acids is 1. The first-order chi connectivity index (χ1) is 5.70. The Morgan fingerprint density at radius 1 is 1.75 bits per heavy atom. The monoisotopic (exact) mass is 172 g/mol. The molecule has 2 N–H and O–H groups in total. The normalized spacial score (nSPS) is 21.2. The summed E-state index contributed by atoms with van der Waals surface area (Å²) in [5.41, 5.74) is 0. The van der Waals surface area contributed by atoms with E-state index in [2.05, 4.69) is 5.32 Å². The van der Waals surface area contributed by atoms with Gasteiger partial charge in [0.25, 0.3) is 0 Å². The average molecular weight is 172 g/mol. The number of hydrogen-bond acceptors (Lipinski definition) is 3. The lowest BCUT2D eigenvalue weighted by molar-refractivity contribution is -0.132. The van der Waals surface area contributed by atoms with E-state index in [-0.39, 0.29) is 12.0 Å². The lowest BCUT2D eigenvalue weighted by atomic mass is 10.2. The summed E-state index contributed by atoms with van der Waals surface area (Å²) in [7, 11) is 0. The molecule has 1 atom stereocenters. The van der Waals surface area contributed by atoms with Gasteiger partial charge in [-0.2, -0.15) is 0 Å². The van der Waals surface area contributed by atoms with Crippen molar-refractivity contribution in [2.24, 2.45) is 0 Å². The van der Waals surface area contributed by atoms with Crippen molar-refractivity contribution in [2.45, 2.75) is 19.4 Å². The van der Waals surface area contributed by atoms with E-state index < -0.39 is 0 Å². The molecule has 0 bridgehead atoms. The van der Waals surface area contributed by atoms with Gasteiger partial charge in [-0.15, -0.1) is 0 Å². The third-order valence-electron chi connectivity index (χ3n) is 2.00. The smallest absolute Gasteiger partial charge is 0.236 e. The van der Waals surface area contributed by atoms with Gasteiger partial charge in [0.15, 0.2) is 0 Å². The minimum absolute atomic E-state index is 0.141. The molecule has 1 aliphatic rings. The SMILES string of the molecule is CC(O)CCN1CCNCC1=O. The molecule has 0 aromatic rings. The van der Waals surface area contributed by atoms with Crippen LogP contribution in [0.5, 0.6) is 0 Å². The maximum absolute atomic E-state index is 11.2. The Hall–Kier alpha value is -0.610. The van der Waals surface area contributed by atoms with E-state index in [0.29, 0.717) is 19.5 Å². The van der Waals surface area contributed by atoms with Crippen LogP contribution in [0.1, 0.15) is 13.3 Å². The Morgan fingerprint density at radius 3 is 3.08 bits per heavy atom. The largest absolute Gasteiger partial charge is 0.393 e. The lowest BCUT2D eigenvalue weighted by Gasteiger charge is -2.27. The van der Waals surface area contributed by atoms with E-state index in [0.717, 1.165) is 13.1 Å². The van der Waals surface area contributed by atoms with Gasteiger partial charge >= 0.3 is 0 Å². The van der Waals surface area contributed by atoms with Crippen LogP contribution in [0.2, 0.25) is 0 Å². The predicted octanol–water partition coefficient (Wildman–Crippen LogP) is -0.811. The van der Waals surface area contributed by atoms with Crippen LogP contribution in [0.4, 0.5) is 0 Å². The van der Waals surface area contributed by atoms with Crippen molar-refractivity contribution in [1.29, 1.82) is 0 Å². The minimum Gasteiger partial charge on any atom is -0.393 e. The second-order valence-electron chi connectivity index (χ2n) is 3.20. The minimum atomic E-state index is -0.312. The van der Waals surface area contributed by atoms with Crippen LogP contribution in [-0.2, 0) is 4.79 Å². The van der Waals surface area contributed by atoms with Crippen LogP contribution in [0.25, 0.3) is 0 Å². The van der Waals surface area contributed by atoms with Gasteiger partial charge in [-0.25, -0.2) is 0 Å². The zero-order valence-electron chi connectivity index (χ0n) is 7.42. The number of carbonyl (C=O) groups is 1. The Bertz CT molecular complexity index is 159. The van der Waals surface area contributed by atoms with Gasteiger partial charge in [0.1, 0.15) is 0 Å². The van der Waals surface area contributed by atoms with Crippen molar-refractivity contribution in [3.63, 3.8) is 0 Å². The van der Waals surface area contributed by atoms with Gasteiger partial charge in [-0.3, -0.25) is 4.79 Å². The molecule has 4 heteroatoms. The lowest BCUT2D eigenvalue weighted by Crippen LogP contribution is -2.48. The van der Waals surface area contributed by atoms with Crippen LogP contribution >= 0.6 is 0 Å². The third-order valence-corrected chi connectivity index (χ3v) is 2.00. The van der Waals surface area contributed by atoms with Crippen molar-refractivity contribution in [2.75, 3.05) is 26.2 Å². The number of nitrogens with zero attached hydrogens (tertiary/aromatic N) is 1. The molecule has 1 fully saturated rings. The summed E-state index contributed by atoms with van der Waals surface area (Å²) >= 11 is 0. The highest BCUT2D eigenvalue weighted by Crippen LogP contribution is 1.98. The van der Waals surface area contributed by atoms with E-state index >= 15 is 0 Å². The quantitative estimate of drug-likeness (QED) is 0.585. The first-order valence-corrected chi connectivity index (χ1v) is 4.36. The summed E-state index contributed by atoms with van der Waals surface area (Å²) in [6.07, 6.45) is 0.360. The maximum atomic E-state index is 11.2. The second-order valence-corrected chi connectivity index (χ2v) is 3.20. The topological polar surface area (TPSA) is 52.6 Å². The van der Waals surface area contributed by atoms with Gasteiger partial charge in [0, 0.05) is 19.6 Å². The van der Waals surface area contributed by atoms with Crippen molar-refractivity contribution >= 4 is 5.91 Å². The highest BCUT2D eigenvalue weighted by atomic mass is 16.3. The van der Waals surface area contributed by atoms with Gasteiger partial charge in [0.05, 0.1) is 12.6 Å². The molecule has 70 valence electrons. The van der Waals surface area contributed by atoms with Crippen LogP contribution in [0.3, 0.4) is 0 Å². The first-order valence-electron chi connectivity index (χ1n) is 4.36. The van der Waals surface area contributed by atoms with Gasteiger partial charge in [-0.05, 0) is 13.3 Å². The Morgan fingerprint density at radius 2 is 2.50 bits per heavy atom. The molecule has 0 spiro atoms. The van der Waals surface area contributed by atoms with Crippen LogP contribution in [0, 0.1) is 0 Å². The molecule has 1 heterocycles. The molecule has 1 aliphatic heterocycles. The van der Waals surface area contributed by atoms with Crippen molar-refractivity contribution < 1.29 is 9.90 Å². The fourth-order valence-electron chi connectivity index (χ4n) is 1.23. The van der Waals surface area contributed by atoms with E-state index in [1.54, 1.807) is 11.8 Å². The van der Waals surface area contributed by atoms with Gasteiger partial charge < -0.3 is 15.3 Å². The Labute approximate surface area is 72.6 Å². The molecule has 0 saturated carbocycles. The van der Waals surface area contributed by atoms with E-state index in [4.69, 9.17) is 5.11 Å². The molecule has 0 radical (unpaired) electrons. The highest BCUT2D eigenvalue weighted by molar-refractivity contribution is 5.78. The molecular formula is C8H16N2O2. The molecule has 12 heavy (non-hydrogen) atoms. The fraction of sp³-hybridized carbons (Fsp3) is 0.875. The molecule has 0 aliphatic carbocycles. The third kappa shape index (κ3) is 2.79. The zero-order chi connectivity index (χ0) is 8.97. The second kappa shape index (κ2) is 4.42. The van der Waals surface area contributed by atoms with E-state index in [9.17, 15) is 4.79 Å². The molecule has 1 amide bonds. The molecular weight excluding hydrogens is 156 g/mol. The standard InChI is InChI=1S/C8H16N2O2/c1-7(11)2-4-10-5-3-9-6-8(10)12/h7,9,11H,2-6H2,1H3. The van der Waals surface area contributed by atoms with Crippen molar-refractivity contribution in [1.82, 2.24) is 10.2 Å². The number of aliphatic hydroxyl groups excluding tert-OH is 1. The number of aliphatic hydroxyl groups is 1. The summed E-state index contributed by atoms with van der Waals surface area (Å²) in [5, 5.41) is 12.0.